The summed E-state index contributed by atoms with van der Waals surface area (Å²) in [6.07, 6.45) is -2.48. The van der Waals surface area contributed by atoms with E-state index in [1.165, 1.54) is 0 Å². The Morgan fingerprint density at radius 2 is 1.77 bits per heavy atom. The Bertz CT molecular complexity index is 757. The van der Waals surface area contributed by atoms with E-state index in [0.717, 1.165) is 43.6 Å². The quantitative estimate of drug-likeness (QED) is 0.904. The first kappa shape index (κ1) is 18.1. The Morgan fingerprint density at radius 3 is 2.31 bits per heavy atom. The zero-order valence-corrected chi connectivity index (χ0v) is 14.0. The van der Waals surface area contributed by atoms with Gasteiger partial charge in [0.2, 0.25) is 0 Å². The van der Waals surface area contributed by atoms with Gasteiger partial charge in [-0.05, 0) is 42.7 Å². The summed E-state index contributed by atoms with van der Waals surface area (Å²) >= 11 is 0. The first-order valence-corrected chi connectivity index (χ1v) is 8.33. The molecule has 8 heteroatoms. The predicted molar refractivity (Wildman–Crippen MR) is 90.1 cm³/mol. The molecule has 3 rings (SSSR count). The molecule has 0 saturated carbocycles. The van der Waals surface area contributed by atoms with Gasteiger partial charge in [-0.15, -0.1) is 10.2 Å². The fraction of sp³-hybridized carbons (Fsp3) is 0.389. The van der Waals surface area contributed by atoms with E-state index in [1.54, 1.807) is 24.3 Å². The minimum atomic E-state index is -4.29. The molecule has 0 unspecified atom stereocenters. The lowest BCUT2D eigenvalue weighted by Crippen LogP contribution is -2.38. The second-order valence-electron chi connectivity index (χ2n) is 6.31. The Hall–Kier alpha value is -2.66. The third-order valence-electron chi connectivity index (χ3n) is 4.41. The van der Waals surface area contributed by atoms with Gasteiger partial charge < -0.3 is 5.32 Å². The Kier molecular flexibility index (Phi) is 5.38. The maximum atomic E-state index is 12.6. The van der Waals surface area contributed by atoms with Crippen LogP contribution < -0.4 is 5.32 Å². The van der Waals surface area contributed by atoms with Crippen molar-refractivity contribution in [2.24, 2.45) is 0 Å². The maximum Gasteiger partial charge on any atom is 0.416 e. The topological polar surface area (TPSA) is 64.8 Å². The number of nitrogens with zero attached hydrogens (tertiary/aromatic N) is 4. The molecule has 1 N–H and O–H groups in total. The molecule has 1 fully saturated rings. The van der Waals surface area contributed by atoms with Crippen LogP contribution in [0.1, 0.15) is 29.7 Å². The minimum Gasteiger partial charge on any atom is -0.366 e. The molecule has 136 valence electrons. The highest BCUT2D eigenvalue weighted by molar-refractivity contribution is 5.36. The van der Waals surface area contributed by atoms with Gasteiger partial charge in [0.25, 0.3) is 0 Å². The number of anilines is 1. The Balaban J connectivity index is 1.48. The van der Waals surface area contributed by atoms with Gasteiger partial charge in [0.05, 0.1) is 5.56 Å². The van der Waals surface area contributed by atoms with Crippen molar-refractivity contribution < 1.29 is 13.2 Å². The van der Waals surface area contributed by atoms with Gasteiger partial charge in [0.1, 0.15) is 11.9 Å². The van der Waals surface area contributed by atoms with Crippen LogP contribution in [-0.2, 0) is 12.7 Å². The van der Waals surface area contributed by atoms with Crippen molar-refractivity contribution >= 4 is 5.82 Å². The third-order valence-corrected chi connectivity index (χ3v) is 4.41. The lowest BCUT2D eigenvalue weighted by Gasteiger charge is -2.32. The van der Waals surface area contributed by atoms with E-state index in [0.29, 0.717) is 12.4 Å². The highest BCUT2D eigenvalue weighted by Crippen LogP contribution is 2.29. The lowest BCUT2D eigenvalue weighted by atomic mass is 10.0. The second-order valence-corrected chi connectivity index (χ2v) is 6.31. The molecule has 1 saturated heterocycles. The number of aromatic nitrogens is 2. The summed E-state index contributed by atoms with van der Waals surface area (Å²) in [4.78, 5) is 2.23. The molecule has 0 bridgehead atoms. The van der Waals surface area contributed by atoms with Crippen LogP contribution in [0.15, 0.2) is 36.4 Å². The molecule has 0 spiro atoms. The van der Waals surface area contributed by atoms with Gasteiger partial charge in [-0.3, -0.25) is 4.90 Å². The molecule has 1 aliphatic heterocycles. The monoisotopic (exact) mass is 361 g/mol. The number of halogens is 3. The van der Waals surface area contributed by atoms with Crippen molar-refractivity contribution in [2.45, 2.75) is 31.6 Å². The molecular weight excluding hydrogens is 343 g/mol. The van der Waals surface area contributed by atoms with Gasteiger partial charge in [-0.25, -0.2) is 0 Å². The molecule has 0 aliphatic carbocycles. The number of piperidine rings is 1. The standard InChI is InChI=1S/C18H18F3N5/c19-18(20,21)14-3-1-13(2-4-14)12-26-9-7-15(8-10-26)23-17-6-5-16(11-22)24-25-17/h1-6,15H,7-10,12H2,(H,23,25). The summed E-state index contributed by atoms with van der Waals surface area (Å²) in [5.41, 5.74) is 0.539. The average Bonchev–Trinajstić information content (AvgIpc) is 2.64. The summed E-state index contributed by atoms with van der Waals surface area (Å²) in [5, 5.41) is 19.8. The number of hydrogen-bond donors (Lipinski definition) is 1. The molecule has 0 amide bonds. The zero-order valence-electron chi connectivity index (χ0n) is 14.0. The number of nitriles is 1. The van der Waals surface area contributed by atoms with Gasteiger partial charge in [-0.2, -0.15) is 18.4 Å². The van der Waals surface area contributed by atoms with E-state index in [2.05, 4.69) is 20.4 Å². The predicted octanol–water partition coefficient (Wildman–Crippen LogP) is 3.44. The molecule has 2 aromatic rings. The summed E-state index contributed by atoms with van der Waals surface area (Å²) < 4.78 is 37.8. The van der Waals surface area contributed by atoms with E-state index in [4.69, 9.17) is 5.26 Å². The van der Waals surface area contributed by atoms with E-state index in [-0.39, 0.29) is 11.7 Å². The maximum absolute atomic E-state index is 12.6. The first-order valence-electron chi connectivity index (χ1n) is 8.33. The van der Waals surface area contributed by atoms with Crippen molar-refractivity contribution in [3.05, 3.63) is 53.2 Å². The largest absolute Gasteiger partial charge is 0.416 e. The third kappa shape index (κ3) is 4.70. The number of benzene rings is 1. The first-order chi connectivity index (χ1) is 12.4. The molecule has 1 aromatic carbocycles. The van der Waals surface area contributed by atoms with Gasteiger partial charge in [0.15, 0.2) is 5.69 Å². The van der Waals surface area contributed by atoms with E-state index >= 15 is 0 Å². The average molecular weight is 361 g/mol. The highest BCUT2D eigenvalue weighted by Gasteiger charge is 2.30. The number of hydrogen-bond acceptors (Lipinski definition) is 5. The number of alkyl halides is 3. The molecule has 1 aromatic heterocycles. The number of rotatable bonds is 4. The molecule has 5 nitrogen and oxygen atoms in total. The molecule has 0 radical (unpaired) electrons. The molecule has 0 atom stereocenters. The zero-order chi connectivity index (χ0) is 18.6. The normalized spacial score (nSPS) is 16.2. The van der Waals surface area contributed by atoms with Crippen LogP contribution >= 0.6 is 0 Å². The molecule has 2 heterocycles. The number of likely N-dealkylation sites (tertiary alicyclic amines) is 1. The summed E-state index contributed by atoms with van der Waals surface area (Å²) in [5.74, 6) is 0.644. The van der Waals surface area contributed by atoms with Crippen LogP contribution in [0.3, 0.4) is 0 Å². The highest BCUT2D eigenvalue weighted by atomic mass is 19.4. The lowest BCUT2D eigenvalue weighted by molar-refractivity contribution is -0.137. The van der Waals surface area contributed by atoms with Crippen LogP contribution in [0.4, 0.5) is 19.0 Å². The van der Waals surface area contributed by atoms with Gasteiger partial charge >= 0.3 is 6.18 Å². The van der Waals surface area contributed by atoms with Crippen molar-refractivity contribution in [1.82, 2.24) is 15.1 Å². The molecular formula is C18H18F3N5. The molecule has 1 aliphatic rings. The van der Waals surface area contributed by atoms with Crippen LogP contribution in [0.25, 0.3) is 0 Å². The Labute approximate surface area is 149 Å². The number of nitrogens with one attached hydrogen (secondary N) is 1. The van der Waals surface area contributed by atoms with Crippen LogP contribution in [0, 0.1) is 11.3 Å². The van der Waals surface area contributed by atoms with Crippen molar-refractivity contribution in [1.29, 1.82) is 5.26 Å². The van der Waals surface area contributed by atoms with Crippen molar-refractivity contribution in [2.75, 3.05) is 18.4 Å². The van der Waals surface area contributed by atoms with Crippen molar-refractivity contribution in [3.8, 4) is 6.07 Å². The van der Waals surface area contributed by atoms with Gasteiger partial charge in [-0.1, -0.05) is 12.1 Å². The summed E-state index contributed by atoms with van der Waals surface area (Å²) in [6.45, 7) is 2.34. The summed E-state index contributed by atoms with van der Waals surface area (Å²) in [6, 6.07) is 10.9. The second kappa shape index (κ2) is 7.70. The van der Waals surface area contributed by atoms with Crippen LogP contribution in [0.5, 0.6) is 0 Å². The smallest absolute Gasteiger partial charge is 0.366 e. The Morgan fingerprint density at radius 1 is 1.08 bits per heavy atom. The van der Waals surface area contributed by atoms with Crippen LogP contribution in [-0.4, -0.2) is 34.2 Å². The minimum absolute atomic E-state index is 0.265. The van der Waals surface area contributed by atoms with Crippen molar-refractivity contribution in [3.63, 3.8) is 0 Å². The fourth-order valence-electron chi connectivity index (χ4n) is 2.97. The molecule has 26 heavy (non-hydrogen) atoms. The van der Waals surface area contributed by atoms with E-state index in [9.17, 15) is 13.2 Å². The van der Waals surface area contributed by atoms with Gasteiger partial charge in [0, 0.05) is 25.7 Å². The van der Waals surface area contributed by atoms with E-state index < -0.39 is 11.7 Å². The SMILES string of the molecule is N#Cc1ccc(NC2CCN(Cc3ccc(C(F)(F)F)cc3)CC2)nn1. The summed E-state index contributed by atoms with van der Waals surface area (Å²) in [7, 11) is 0. The fourth-order valence-corrected chi connectivity index (χ4v) is 2.97. The van der Waals surface area contributed by atoms with E-state index in [1.807, 2.05) is 6.07 Å². The van der Waals surface area contributed by atoms with Crippen LogP contribution in [0.2, 0.25) is 0 Å².